The zero-order valence-electron chi connectivity index (χ0n) is 13.0. The van der Waals surface area contributed by atoms with Gasteiger partial charge in [-0.15, -0.1) is 11.6 Å². The third kappa shape index (κ3) is 2.95. The van der Waals surface area contributed by atoms with E-state index in [4.69, 9.17) is 16.6 Å². The van der Waals surface area contributed by atoms with Gasteiger partial charge in [-0.3, -0.25) is 4.90 Å². The van der Waals surface area contributed by atoms with Gasteiger partial charge in [0, 0.05) is 12.6 Å². The van der Waals surface area contributed by atoms with Crippen molar-refractivity contribution in [2.75, 3.05) is 13.1 Å². The maximum absolute atomic E-state index is 6.13. The molecule has 3 rings (SSSR count). The van der Waals surface area contributed by atoms with Gasteiger partial charge in [-0.25, -0.2) is 4.98 Å². The largest absolute Gasteiger partial charge is 0.325 e. The number of nitrogens with zero attached hydrogens (tertiary/aromatic N) is 3. The van der Waals surface area contributed by atoms with Crippen molar-refractivity contribution >= 4 is 22.6 Å². The number of para-hydroxylation sites is 1. The Bertz CT molecular complexity index is 614. The van der Waals surface area contributed by atoms with Crippen LogP contribution in [0.25, 0.3) is 11.0 Å². The van der Waals surface area contributed by atoms with Crippen molar-refractivity contribution in [3.8, 4) is 0 Å². The van der Waals surface area contributed by atoms with Crippen LogP contribution in [-0.2, 0) is 12.4 Å². The highest BCUT2D eigenvalue weighted by molar-refractivity contribution is 6.16. The highest BCUT2D eigenvalue weighted by Crippen LogP contribution is 2.22. The first kappa shape index (κ1) is 14.9. The number of alkyl halides is 1. The van der Waals surface area contributed by atoms with E-state index in [1.807, 2.05) is 0 Å². The van der Waals surface area contributed by atoms with E-state index in [9.17, 15) is 0 Å². The molecule has 114 valence electrons. The van der Waals surface area contributed by atoms with Gasteiger partial charge in [0.2, 0.25) is 0 Å². The second-order valence-corrected chi connectivity index (χ2v) is 6.43. The minimum atomic E-state index is 0.473. The quantitative estimate of drug-likeness (QED) is 0.797. The summed E-state index contributed by atoms with van der Waals surface area (Å²) in [7, 11) is 0. The molecule has 0 bridgehead atoms. The van der Waals surface area contributed by atoms with Gasteiger partial charge in [0.05, 0.1) is 16.9 Å². The Labute approximate surface area is 131 Å². The normalized spacial score (nSPS) is 18.2. The molecule has 1 aliphatic rings. The first-order valence-corrected chi connectivity index (χ1v) is 8.49. The molecule has 0 N–H and O–H groups in total. The molecule has 1 aromatic heterocycles. The summed E-state index contributed by atoms with van der Waals surface area (Å²) in [5, 5.41) is 0. The van der Waals surface area contributed by atoms with Crippen molar-refractivity contribution in [1.29, 1.82) is 0 Å². The lowest BCUT2D eigenvalue weighted by Gasteiger charge is -2.32. The van der Waals surface area contributed by atoms with Gasteiger partial charge in [0.25, 0.3) is 0 Å². The standard InChI is InChI=1S/C17H24ClN3/c1-13-7-6-8-15-17(13)19-16(11-18)21(15)12-14(2)20-9-4-3-5-10-20/h6-8,14H,3-5,9-12H2,1-2H3. The SMILES string of the molecule is Cc1cccc2c1nc(CCl)n2CC(C)N1CCCCC1. The summed E-state index contributed by atoms with van der Waals surface area (Å²) in [4.78, 5) is 7.34. The highest BCUT2D eigenvalue weighted by Gasteiger charge is 2.19. The van der Waals surface area contributed by atoms with Crippen LogP contribution in [0.15, 0.2) is 18.2 Å². The lowest BCUT2D eigenvalue weighted by atomic mass is 10.1. The monoisotopic (exact) mass is 305 g/mol. The number of aromatic nitrogens is 2. The Kier molecular flexibility index (Phi) is 4.51. The second-order valence-electron chi connectivity index (χ2n) is 6.16. The van der Waals surface area contributed by atoms with E-state index in [-0.39, 0.29) is 0 Å². The minimum absolute atomic E-state index is 0.473. The van der Waals surface area contributed by atoms with E-state index in [0.717, 1.165) is 17.9 Å². The van der Waals surface area contributed by atoms with Gasteiger partial charge in [-0.05, 0) is 51.4 Å². The van der Waals surface area contributed by atoms with E-state index in [2.05, 4.69) is 41.5 Å². The molecule has 0 amide bonds. The van der Waals surface area contributed by atoms with Gasteiger partial charge in [0.1, 0.15) is 5.82 Å². The van der Waals surface area contributed by atoms with Crippen LogP contribution in [0.1, 0.15) is 37.6 Å². The number of piperidine rings is 1. The zero-order valence-corrected chi connectivity index (χ0v) is 13.7. The maximum atomic E-state index is 6.13. The fraction of sp³-hybridized carbons (Fsp3) is 0.588. The smallest absolute Gasteiger partial charge is 0.124 e. The van der Waals surface area contributed by atoms with E-state index >= 15 is 0 Å². The Morgan fingerprint density at radius 3 is 2.71 bits per heavy atom. The Hall–Kier alpha value is -1.06. The summed E-state index contributed by atoms with van der Waals surface area (Å²) >= 11 is 6.13. The van der Waals surface area contributed by atoms with Crippen molar-refractivity contribution < 1.29 is 0 Å². The molecule has 1 unspecified atom stereocenters. The molecule has 1 fully saturated rings. The van der Waals surface area contributed by atoms with Crippen LogP contribution in [0.3, 0.4) is 0 Å². The van der Waals surface area contributed by atoms with Crippen molar-refractivity contribution in [2.24, 2.45) is 0 Å². The van der Waals surface area contributed by atoms with Crippen LogP contribution >= 0.6 is 11.6 Å². The minimum Gasteiger partial charge on any atom is -0.325 e. The van der Waals surface area contributed by atoms with Crippen LogP contribution < -0.4 is 0 Å². The topological polar surface area (TPSA) is 21.1 Å². The number of rotatable bonds is 4. The molecule has 0 radical (unpaired) electrons. The molecule has 2 heterocycles. The lowest BCUT2D eigenvalue weighted by Crippen LogP contribution is -2.40. The third-order valence-corrected chi connectivity index (χ3v) is 4.88. The van der Waals surface area contributed by atoms with Gasteiger partial charge in [0.15, 0.2) is 0 Å². The summed E-state index contributed by atoms with van der Waals surface area (Å²) in [6.45, 7) is 7.87. The Morgan fingerprint density at radius 1 is 1.24 bits per heavy atom. The first-order valence-electron chi connectivity index (χ1n) is 7.95. The predicted molar refractivity (Wildman–Crippen MR) is 88.9 cm³/mol. The third-order valence-electron chi connectivity index (χ3n) is 4.64. The van der Waals surface area contributed by atoms with Crippen LogP contribution in [-0.4, -0.2) is 33.6 Å². The fourth-order valence-corrected chi connectivity index (χ4v) is 3.58. The summed E-state index contributed by atoms with van der Waals surface area (Å²) in [6, 6.07) is 6.92. The van der Waals surface area contributed by atoms with Crippen LogP contribution in [0, 0.1) is 6.92 Å². The maximum Gasteiger partial charge on any atom is 0.124 e. The summed E-state index contributed by atoms with van der Waals surface area (Å²) in [5.41, 5.74) is 3.54. The van der Waals surface area contributed by atoms with Gasteiger partial charge in [-0.1, -0.05) is 18.6 Å². The summed E-state index contributed by atoms with van der Waals surface area (Å²) < 4.78 is 2.31. The van der Waals surface area contributed by atoms with Crippen molar-refractivity contribution in [1.82, 2.24) is 14.5 Å². The van der Waals surface area contributed by atoms with E-state index in [1.165, 1.54) is 43.4 Å². The number of fused-ring (bicyclic) bond motifs is 1. The molecule has 1 aliphatic heterocycles. The highest BCUT2D eigenvalue weighted by atomic mass is 35.5. The number of benzene rings is 1. The van der Waals surface area contributed by atoms with Crippen molar-refractivity contribution in [2.45, 2.75) is 51.6 Å². The zero-order chi connectivity index (χ0) is 14.8. The van der Waals surface area contributed by atoms with Gasteiger partial charge in [-0.2, -0.15) is 0 Å². The van der Waals surface area contributed by atoms with Crippen LogP contribution in [0.4, 0.5) is 0 Å². The van der Waals surface area contributed by atoms with E-state index in [1.54, 1.807) is 0 Å². The number of likely N-dealkylation sites (tertiary alicyclic amines) is 1. The van der Waals surface area contributed by atoms with Crippen molar-refractivity contribution in [3.05, 3.63) is 29.6 Å². The molecule has 1 aromatic carbocycles. The molecule has 1 saturated heterocycles. The van der Waals surface area contributed by atoms with Crippen LogP contribution in [0.5, 0.6) is 0 Å². The second kappa shape index (κ2) is 6.37. The molecular weight excluding hydrogens is 282 g/mol. The first-order chi connectivity index (χ1) is 10.2. The van der Waals surface area contributed by atoms with Crippen LogP contribution in [0.2, 0.25) is 0 Å². The molecule has 0 aliphatic carbocycles. The fourth-order valence-electron chi connectivity index (χ4n) is 3.38. The average Bonchev–Trinajstić information content (AvgIpc) is 2.87. The molecule has 3 nitrogen and oxygen atoms in total. The molecule has 4 heteroatoms. The van der Waals surface area contributed by atoms with E-state index < -0.39 is 0 Å². The molecule has 0 spiro atoms. The Balaban J connectivity index is 1.90. The molecular formula is C17H24ClN3. The Morgan fingerprint density at radius 2 is 2.00 bits per heavy atom. The molecule has 21 heavy (non-hydrogen) atoms. The summed E-state index contributed by atoms with van der Waals surface area (Å²) in [5.74, 6) is 1.46. The van der Waals surface area contributed by atoms with Gasteiger partial charge < -0.3 is 4.57 Å². The molecule has 1 atom stereocenters. The number of halogens is 1. The number of hydrogen-bond acceptors (Lipinski definition) is 2. The number of hydrogen-bond donors (Lipinski definition) is 0. The number of imidazole rings is 1. The predicted octanol–water partition coefficient (Wildman–Crippen LogP) is 3.96. The van der Waals surface area contributed by atoms with Gasteiger partial charge >= 0.3 is 0 Å². The van der Waals surface area contributed by atoms with Crippen molar-refractivity contribution in [3.63, 3.8) is 0 Å². The summed E-state index contributed by atoms with van der Waals surface area (Å²) in [6.07, 6.45) is 4.04. The number of aryl methyl sites for hydroxylation is 1. The molecule has 0 saturated carbocycles. The molecule has 2 aromatic rings. The van der Waals surface area contributed by atoms with E-state index in [0.29, 0.717) is 11.9 Å². The lowest BCUT2D eigenvalue weighted by molar-refractivity contribution is 0.160. The average molecular weight is 306 g/mol.